The summed E-state index contributed by atoms with van der Waals surface area (Å²) < 4.78 is 16.3. The third-order valence-electron chi connectivity index (χ3n) is 6.08. The van der Waals surface area contributed by atoms with Gasteiger partial charge in [-0.15, -0.1) is 0 Å². The Hall–Kier alpha value is -3.08. The molecule has 0 aliphatic heterocycles. The minimum absolute atomic E-state index is 0.169. The van der Waals surface area contributed by atoms with Gasteiger partial charge < -0.3 is 14.8 Å². The summed E-state index contributed by atoms with van der Waals surface area (Å²) in [5.41, 5.74) is 3.77. The summed E-state index contributed by atoms with van der Waals surface area (Å²) in [6.45, 7) is 3.36. The molecule has 1 heterocycles. The standard InChI is InChI=1S/C26H30FN3O/c1-20-9-7-10-21(17-20)18-29-16-8-13-23(29)19-30(22-11-3-2-4-12-22)26(31)28-25-15-6-5-14-24(25)27/h5-10,13-17,22H,2-4,11-12,18-19H2,1H3,(H,28,31). The fraction of sp³-hybridized carbons (Fsp3) is 0.346. The summed E-state index contributed by atoms with van der Waals surface area (Å²) in [6, 6.07) is 18.8. The van der Waals surface area contributed by atoms with E-state index in [4.69, 9.17) is 0 Å². The van der Waals surface area contributed by atoms with Crippen LogP contribution in [0.2, 0.25) is 0 Å². The number of hydrogen-bond donors (Lipinski definition) is 1. The normalized spacial score (nSPS) is 14.4. The van der Waals surface area contributed by atoms with Crippen LogP contribution in [0.15, 0.2) is 66.9 Å². The maximum atomic E-state index is 14.1. The summed E-state index contributed by atoms with van der Waals surface area (Å²) in [6.07, 6.45) is 7.50. The van der Waals surface area contributed by atoms with E-state index in [-0.39, 0.29) is 17.8 Å². The topological polar surface area (TPSA) is 37.3 Å². The van der Waals surface area contributed by atoms with E-state index in [2.05, 4.69) is 53.3 Å². The number of para-hydroxylation sites is 1. The quantitative estimate of drug-likeness (QED) is 0.497. The van der Waals surface area contributed by atoms with Crippen LogP contribution >= 0.6 is 0 Å². The summed E-state index contributed by atoms with van der Waals surface area (Å²) in [4.78, 5) is 15.1. The number of aromatic nitrogens is 1. The van der Waals surface area contributed by atoms with Crippen molar-refractivity contribution in [2.75, 3.05) is 5.32 Å². The van der Waals surface area contributed by atoms with Crippen molar-refractivity contribution in [3.05, 3.63) is 89.5 Å². The smallest absolute Gasteiger partial charge is 0.322 e. The monoisotopic (exact) mass is 419 g/mol. The number of hydrogen-bond acceptors (Lipinski definition) is 1. The van der Waals surface area contributed by atoms with Gasteiger partial charge in [0.2, 0.25) is 0 Å². The number of carbonyl (C=O) groups excluding carboxylic acids is 1. The van der Waals surface area contributed by atoms with Crippen LogP contribution in [0.5, 0.6) is 0 Å². The zero-order valence-corrected chi connectivity index (χ0v) is 18.1. The summed E-state index contributed by atoms with van der Waals surface area (Å²) >= 11 is 0. The Kier molecular flexibility index (Phi) is 6.70. The molecule has 0 atom stereocenters. The summed E-state index contributed by atoms with van der Waals surface area (Å²) in [7, 11) is 0. The Morgan fingerprint density at radius 1 is 1.06 bits per heavy atom. The third-order valence-corrected chi connectivity index (χ3v) is 6.08. The lowest BCUT2D eigenvalue weighted by Crippen LogP contribution is -2.43. The number of urea groups is 1. The van der Waals surface area contributed by atoms with Gasteiger partial charge in [-0.25, -0.2) is 9.18 Å². The molecule has 4 rings (SSSR count). The molecule has 3 aromatic rings. The largest absolute Gasteiger partial charge is 0.345 e. The lowest BCUT2D eigenvalue weighted by Gasteiger charge is -2.34. The number of anilines is 1. The Morgan fingerprint density at radius 2 is 1.87 bits per heavy atom. The van der Waals surface area contributed by atoms with Gasteiger partial charge >= 0.3 is 6.03 Å². The van der Waals surface area contributed by atoms with E-state index in [0.717, 1.165) is 37.9 Å². The van der Waals surface area contributed by atoms with Crippen molar-refractivity contribution >= 4 is 11.7 Å². The van der Waals surface area contributed by atoms with Crippen molar-refractivity contribution < 1.29 is 9.18 Å². The van der Waals surface area contributed by atoms with Crippen molar-refractivity contribution in [1.29, 1.82) is 0 Å². The van der Waals surface area contributed by atoms with Gasteiger partial charge in [-0.3, -0.25) is 0 Å². The van der Waals surface area contributed by atoms with Crippen LogP contribution in [-0.4, -0.2) is 21.5 Å². The van der Waals surface area contributed by atoms with Crippen molar-refractivity contribution in [2.24, 2.45) is 0 Å². The fourth-order valence-corrected chi connectivity index (χ4v) is 4.44. The number of carbonyl (C=O) groups is 1. The number of nitrogens with one attached hydrogen (secondary N) is 1. The fourth-order valence-electron chi connectivity index (χ4n) is 4.44. The minimum atomic E-state index is -0.415. The molecule has 1 fully saturated rings. The minimum Gasteiger partial charge on any atom is -0.345 e. The van der Waals surface area contributed by atoms with E-state index >= 15 is 0 Å². The average molecular weight is 420 g/mol. The molecule has 2 aromatic carbocycles. The average Bonchev–Trinajstić information content (AvgIpc) is 3.21. The molecule has 1 aromatic heterocycles. The van der Waals surface area contributed by atoms with E-state index in [9.17, 15) is 9.18 Å². The van der Waals surface area contributed by atoms with Gasteiger partial charge in [0.25, 0.3) is 0 Å². The van der Waals surface area contributed by atoms with E-state index < -0.39 is 5.82 Å². The Morgan fingerprint density at radius 3 is 2.65 bits per heavy atom. The van der Waals surface area contributed by atoms with Gasteiger partial charge in [-0.2, -0.15) is 0 Å². The SMILES string of the molecule is Cc1cccc(Cn2cccc2CN(C(=O)Nc2ccccc2F)C2CCCCC2)c1. The molecular weight excluding hydrogens is 389 g/mol. The van der Waals surface area contributed by atoms with Gasteiger partial charge in [0.05, 0.1) is 12.2 Å². The maximum absolute atomic E-state index is 14.1. The molecular formula is C26H30FN3O. The summed E-state index contributed by atoms with van der Waals surface area (Å²) in [5, 5.41) is 2.80. The zero-order chi connectivity index (χ0) is 21.6. The number of nitrogens with zero attached hydrogens (tertiary/aromatic N) is 2. The van der Waals surface area contributed by atoms with Crippen LogP contribution in [0, 0.1) is 12.7 Å². The molecule has 1 saturated carbocycles. The Balaban J connectivity index is 1.55. The van der Waals surface area contributed by atoms with Crippen molar-refractivity contribution in [3.8, 4) is 0 Å². The molecule has 0 saturated heterocycles. The van der Waals surface area contributed by atoms with Gasteiger partial charge in [0.1, 0.15) is 5.82 Å². The molecule has 0 spiro atoms. The molecule has 2 amide bonds. The number of rotatable bonds is 6. The molecule has 31 heavy (non-hydrogen) atoms. The predicted octanol–water partition coefficient (Wildman–Crippen LogP) is 6.35. The zero-order valence-electron chi connectivity index (χ0n) is 18.1. The van der Waals surface area contributed by atoms with Gasteiger partial charge in [0.15, 0.2) is 0 Å². The van der Waals surface area contributed by atoms with Crippen molar-refractivity contribution in [2.45, 2.75) is 58.2 Å². The Labute approximate surface area is 183 Å². The number of amides is 2. The van der Waals surface area contributed by atoms with Crippen LogP contribution in [0.25, 0.3) is 0 Å². The molecule has 1 aliphatic carbocycles. The second-order valence-corrected chi connectivity index (χ2v) is 8.45. The summed E-state index contributed by atoms with van der Waals surface area (Å²) in [5.74, 6) is -0.415. The maximum Gasteiger partial charge on any atom is 0.322 e. The molecule has 1 N–H and O–H groups in total. The Bertz CT molecular complexity index is 1020. The highest BCUT2D eigenvalue weighted by Gasteiger charge is 2.27. The van der Waals surface area contributed by atoms with E-state index in [1.165, 1.54) is 23.6 Å². The second-order valence-electron chi connectivity index (χ2n) is 8.45. The van der Waals surface area contributed by atoms with E-state index in [1.807, 2.05) is 11.0 Å². The molecule has 5 heteroatoms. The first-order valence-electron chi connectivity index (χ1n) is 11.1. The van der Waals surface area contributed by atoms with E-state index in [1.54, 1.807) is 18.2 Å². The molecule has 0 radical (unpaired) electrons. The first-order chi connectivity index (χ1) is 15.1. The van der Waals surface area contributed by atoms with Crippen LogP contribution in [-0.2, 0) is 13.1 Å². The van der Waals surface area contributed by atoms with E-state index in [0.29, 0.717) is 6.54 Å². The second kappa shape index (κ2) is 9.82. The lowest BCUT2D eigenvalue weighted by atomic mass is 9.94. The van der Waals surface area contributed by atoms with Crippen LogP contribution in [0.4, 0.5) is 14.9 Å². The highest BCUT2D eigenvalue weighted by molar-refractivity contribution is 5.89. The van der Waals surface area contributed by atoms with Crippen LogP contribution in [0.3, 0.4) is 0 Å². The highest BCUT2D eigenvalue weighted by Crippen LogP contribution is 2.26. The highest BCUT2D eigenvalue weighted by atomic mass is 19.1. The number of halogens is 1. The molecule has 1 aliphatic rings. The van der Waals surface area contributed by atoms with Crippen LogP contribution in [0.1, 0.15) is 48.9 Å². The first-order valence-corrected chi connectivity index (χ1v) is 11.1. The van der Waals surface area contributed by atoms with Gasteiger partial charge in [0, 0.05) is 24.5 Å². The third kappa shape index (κ3) is 5.35. The predicted molar refractivity (Wildman–Crippen MR) is 123 cm³/mol. The van der Waals surface area contributed by atoms with Gasteiger partial charge in [-0.1, -0.05) is 61.2 Å². The lowest BCUT2D eigenvalue weighted by molar-refractivity contribution is 0.161. The number of benzene rings is 2. The number of aryl methyl sites for hydroxylation is 1. The van der Waals surface area contributed by atoms with Crippen molar-refractivity contribution in [1.82, 2.24) is 9.47 Å². The van der Waals surface area contributed by atoms with Gasteiger partial charge in [-0.05, 0) is 49.6 Å². The van der Waals surface area contributed by atoms with Crippen LogP contribution < -0.4 is 5.32 Å². The first kappa shape index (κ1) is 21.2. The molecule has 162 valence electrons. The van der Waals surface area contributed by atoms with Crippen molar-refractivity contribution in [3.63, 3.8) is 0 Å². The molecule has 0 bridgehead atoms. The molecule has 0 unspecified atom stereocenters. The molecule has 4 nitrogen and oxygen atoms in total.